The second-order valence-electron chi connectivity index (χ2n) is 6.57. The van der Waals surface area contributed by atoms with Crippen LogP contribution in [0.5, 0.6) is 0 Å². The molecule has 2 rings (SSSR count). The van der Waals surface area contributed by atoms with E-state index in [0.29, 0.717) is 6.54 Å². The molecule has 1 aliphatic heterocycles. The monoisotopic (exact) mass is 346 g/mol. The predicted molar refractivity (Wildman–Crippen MR) is 93.8 cm³/mol. The number of benzene rings is 1. The summed E-state index contributed by atoms with van der Waals surface area (Å²) >= 11 is 0. The third-order valence-corrected chi connectivity index (χ3v) is 4.66. The minimum absolute atomic E-state index is 0.0450. The molecule has 0 radical (unpaired) electrons. The van der Waals surface area contributed by atoms with Crippen molar-refractivity contribution in [3.05, 3.63) is 35.4 Å². The zero-order valence-corrected chi connectivity index (χ0v) is 15.3. The average Bonchev–Trinajstić information content (AvgIpc) is 2.58. The fourth-order valence-electron chi connectivity index (χ4n) is 3.29. The molecule has 0 spiro atoms. The molecule has 0 bridgehead atoms. The van der Waals surface area contributed by atoms with Gasteiger partial charge < -0.3 is 14.5 Å². The van der Waals surface area contributed by atoms with Crippen molar-refractivity contribution in [2.45, 2.75) is 45.7 Å². The Balaban J connectivity index is 2.26. The van der Waals surface area contributed by atoms with Gasteiger partial charge in [0, 0.05) is 19.5 Å². The maximum atomic E-state index is 12.9. The minimum Gasteiger partial charge on any atom is -0.468 e. The van der Waals surface area contributed by atoms with Gasteiger partial charge in [-0.3, -0.25) is 14.4 Å². The SMILES string of the molecule is COC(=O)CN(C(=O)CC1c2ccccc2CCN1C(C)=O)C(C)C. The largest absolute Gasteiger partial charge is 0.468 e. The van der Waals surface area contributed by atoms with E-state index in [4.69, 9.17) is 0 Å². The van der Waals surface area contributed by atoms with Gasteiger partial charge in [0.15, 0.2) is 0 Å². The molecule has 1 atom stereocenters. The minimum atomic E-state index is -0.450. The Kier molecular flexibility index (Phi) is 6.17. The molecule has 6 nitrogen and oxygen atoms in total. The molecule has 0 N–H and O–H groups in total. The van der Waals surface area contributed by atoms with Crippen LogP contribution < -0.4 is 0 Å². The van der Waals surface area contributed by atoms with E-state index in [1.165, 1.54) is 24.5 Å². The molecule has 0 aliphatic carbocycles. The second kappa shape index (κ2) is 8.14. The summed E-state index contributed by atoms with van der Waals surface area (Å²) in [6.45, 7) is 5.77. The van der Waals surface area contributed by atoms with E-state index in [2.05, 4.69) is 4.74 Å². The lowest BCUT2D eigenvalue weighted by molar-refractivity contribution is -0.149. The zero-order chi connectivity index (χ0) is 18.6. The van der Waals surface area contributed by atoms with E-state index < -0.39 is 5.97 Å². The molecule has 1 aliphatic rings. The number of amides is 2. The Morgan fingerprint density at radius 2 is 1.96 bits per heavy atom. The highest BCUT2D eigenvalue weighted by Crippen LogP contribution is 2.32. The number of rotatable bonds is 5. The van der Waals surface area contributed by atoms with Crippen molar-refractivity contribution >= 4 is 17.8 Å². The number of ether oxygens (including phenoxy) is 1. The molecule has 0 saturated carbocycles. The summed E-state index contributed by atoms with van der Waals surface area (Å²) in [4.78, 5) is 39.8. The summed E-state index contributed by atoms with van der Waals surface area (Å²) in [6.07, 6.45) is 0.947. The van der Waals surface area contributed by atoms with Crippen LogP contribution in [0.3, 0.4) is 0 Å². The van der Waals surface area contributed by atoms with E-state index in [1.54, 1.807) is 4.90 Å². The lowest BCUT2D eigenvalue weighted by atomic mass is 9.90. The van der Waals surface area contributed by atoms with E-state index >= 15 is 0 Å². The Hall–Kier alpha value is -2.37. The molecule has 1 aromatic rings. The Morgan fingerprint density at radius 3 is 2.56 bits per heavy atom. The van der Waals surface area contributed by atoms with Gasteiger partial charge in [-0.25, -0.2) is 0 Å². The van der Waals surface area contributed by atoms with E-state index in [1.807, 2.05) is 38.1 Å². The van der Waals surface area contributed by atoms with Crippen LogP contribution in [-0.2, 0) is 25.5 Å². The van der Waals surface area contributed by atoms with Gasteiger partial charge in [0.25, 0.3) is 0 Å². The molecular weight excluding hydrogens is 320 g/mol. The van der Waals surface area contributed by atoms with Gasteiger partial charge in [0.1, 0.15) is 6.54 Å². The van der Waals surface area contributed by atoms with Crippen molar-refractivity contribution in [1.29, 1.82) is 0 Å². The molecule has 6 heteroatoms. The van der Waals surface area contributed by atoms with E-state index in [0.717, 1.165) is 12.0 Å². The molecule has 25 heavy (non-hydrogen) atoms. The molecule has 0 aromatic heterocycles. The summed E-state index contributed by atoms with van der Waals surface area (Å²) in [6, 6.07) is 7.49. The van der Waals surface area contributed by atoms with Crippen LogP contribution in [0.1, 0.15) is 44.4 Å². The van der Waals surface area contributed by atoms with Crippen LogP contribution in [0.25, 0.3) is 0 Å². The smallest absolute Gasteiger partial charge is 0.325 e. The molecule has 1 aromatic carbocycles. The number of hydrogen-bond acceptors (Lipinski definition) is 4. The standard InChI is InChI=1S/C19H26N2O4/c1-13(2)21(12-19(24)25-4)18(23)11-17-16-8-6-5-7-15(16)9-10-20(17)14(3)22/h5-8,13,17H,9-12H2,1-4H3. The van der Waals surface area contributed by atoms with Crippen LogP contribution in [0, 0.1) is 0 Å². The summed E-state index contributed by atoms with van der Waals surface area (Å²) in [5.41, 5.74) is 2.18. The number of carbonyl (C=O) groups excluding carboxylic acids is 3. The zero-order valence-electron chi connectivity index (χ0n) is 15.3. The van der Waals surface area contributed by atoms with Gasteiger partial charge in [-0.2, -0.15) is 0 Å². The highest BCUT2D eigenvalue weighted by atomic mass is 16.5. The number of nitrogens with zero attached hydrogens (tertiary/aromatic N) is 2. The van der Waals surface area contributed by atoms with Crippen molar-refractivity contribution in [3.8, 4) is 0 Å². The molecule has 136 valence electrons. The van der Waals surface area contributed by atoms with Gasteiger partial charge in [-0.15, -0.1) is 0 Å². The first kappa shape index (κ1) is 19.0. The Morgan fingerprint density at radius 1 is 1.28 bits per heavy atom. The van der Waals surface area contributed by atoms with Gasteiger partial charge >= 0.3 is 5.97 Å². The van der Waals surface area contributed by atoms with Crippen molar-refractivity contribution < 1.29 is 19.1 Å². The summed E-state index contributed by atoms with van der Waals surface area (Å²) in [5.74, 6) is -0.653. The lowest BCUT2D eigenvalue weighted by Crippen LogP contribution is -2.45. The Labute approximate surface area is 148 Å². The van der Waals surface area contributed by atoms with Crippen molar-refractivity contribution in [2.75, 3.05) is 20.2 Å². The number of esters is 1. The average molecular weight is 346 g/mol. The number of methoxy groups -OCH3 is 1. The Bertz CT molecular complexity index is 657. The molecular formula is C19H26N2O4. The summed E-state index contributed by atoms with van der Waals surface area (Å²) < 4.78 is 4.69. The predicted octanol–water partition coefficient (Wildman–Crippen LogP) is 1.93. The van der Waals surface area contributed by atoms with Crippen molar-refractivity contribution in [2.24, 2.45) is 0 Å². The first-order valence-corrected chi connectivity index (χ1v) is 8.56. The van der Waals surface area contributed by atoms with E-state index in [9.17, 15) is 14.4 Å². The lowest BCUT2D eigenvalue weighted by Gasteiger charge is -2.38. The van der Waals surface area contributed by atoms with Crippen LogP contribution >= 0.6 is 0 Å². The third-order valence-electron chi connectivity index (χ3n) is 4.66. The first-order chi connectivity index (χ1) is 11.8. The topological polar surface area (TPSA) is 66.9 Å². The molecule has 1 heterocycles. The maximum absolute atomic E-state index is 12.9. The maximum Gasteiger partial charge on any atom is 0.325 e. The number of fused-ring (bicyclic) bond motifs is 1. The second-order valence-corrected chi connectivity index (χ2v) is 6.57. The number of hydrogen-bond donors (Lipinski definition) is 0. The fourth-order valence-corrected chi connectivity index (χ4v) is 3.29. The first-order valence-electron chi connectivity index (χ1n) is 8.56. The summed E-state index contributed by atoms with van der Waals surface area (Å²) in [7, 11) is 1.31. The third kappa shape index (κ3) is 4.38. The van der Waals surface area contributed by atoms with Gasteiger partial charge in [0.05, 0.1) is 19.6 Å². The van der Waals surface area contributed by atoms with Crippen molar-refractivity contribution in [3.63, 3.8) is 0 Å². The van der Waals surface area contributed by atoms with Crippen LogP contribution in [0.2, 0.25) is 0 Å². The highest BCUT2D eigenvalue weighted by molar-refractivity contribution is 5.83. The normalized spacial score (nSPS) is 16.4. The van der Waals surface area contributed by atoms with Gasteiger partial charge in [0.2, 0.25) is 11.8 Å². The van der Waals surface area contributed by atoms with Crippen LogP contribution in [0.4, 0.5) is 0 Å². The van der Waals surface area contributed by atoms with E-state index in [-0.39, 0.29) is 36.9 Å². The highest BCUT2D eigenvalue weighted by Gasteiger charge is 2.32. The summed E-state index contributed by atoms with van der Waals surface area (Å²) in [5, 5.41) is 0. The van der Waals surface area contributed by atoms with Gasteiger partial charge in [-0.1, -0.05) is 24.3 Å². The van der Waals surface area contributed by atoms with Crippen molar-refractivity contribution in [1.82, 2.24) is 9.80 Å². The van der Waals surface area contributed by atoms with Crippen LogP contribution in [-0.4, -0.2) is 53.8 Å². The quantitative estimate of drug-likeness (QED) is 0.764. The molecule has 0 saturated heterocycles. The molecule has 0 fully saturated rings. The van der Waals surface area contributed by atoms with Gasteiger partial charge in [-0.05, 0) is 31.4 Å². The molecule has 2 amide bonds. The number of carbonyl (C=O) groups is 3. The fraction of sp³-hybridized carbons (Fsp3) is 0.526. The molecule has 1 unspecified atom stereocenters. The van der Waals surface area contributed by atoms with Crippen LogP contribution in [0.15, 0.2) is 24.3 Å².